The Hall–Kier alpha value is 0.488. The predicted octanol–water partition coefficient (Wildman–Crippen LogP) is 1.84. The van der Waals surface area contributed by atoms with Gasteiger partial charge in [0.05, 0.1) is 0 Å². The van der Waals surface area contributed by atoms with Crippen molar-refractivity contribution in [2.75, 3.05) is 14.2 Å². The van der Waals surface area contributed by atoms with Gasteiger partial charge in [-0.3, -0.25) is 0 Å². The van der Waals surface area contributed by atoms with Crippen molar-refractivity contribution in [3.63, 3.8) is 0 Å². The Labute approximate surface area is 109 Å². The van der Waals surface area contributed by atoms with Crippen molar-refractivity contribution in [1.29, 1.82) is 0 Å². The van der Waals surface area contributed by atoms with E-state index in [4.69, 9.17) is 9.47 Å². The predicted molar refractivity (Wildman–Crippen MR) is 68.3 cm³/mol. The Balaban J connectivity index is 3.16. The van der Waals surface area contributed by atoms with Gasteiger partial charge in [0.15, 0.2) is 0 Å². The summed E-state index contributed by atoms with van der Waals surface area (Å²) in [4.78, 5) is 5.91. The van der Waals surface area contributed by atoms with Crippen LogP contribution in [-0.2, 0) is 0 Å². The van der Waals surface area contributed by atoms with Gasteiger partial charge in [-0.15, -0.1) is 0 Å². The molecule has 0 fully saturated rings. The van der Waals surface area contributed by atoms with Crippen molar-refractivity contribution >= 4 is 47.8 Å². The molecule has 1 aromatic carbocycles. The molecule has 0 unspecified atom stereocenters. The van der Waals surface area contributed by atoms with E-state index in [2.05, 4.69) is 25.9 Å². The molecule has 0 aliphatic carbocycles. The van der Waals surface area contributed by atoms with Crippen LogP contribution in [0.1, 0.15) is 0 Å². The number of hydrogen-bond donors (Lipinski definition) is 0. The summed E-state index contributed by atoms with van der Waals surface area (Å²) in [5.74, 6) is 1.83. The molecular weight excluding hydrogens is 382 g/mol. The molecule has 0 atom stereocenters. The normalized spacial score (nSPS) is 10.5. The maximum absolute atomic E-state index is 5.36. The average Bonchev–Trinajstić information content (AvgIpc) is 2.20. The van der Waals surface area contributed by atoms with Crippen LogP contribution in [0.5, 0.6) is 11.5 Å². The molecule has 0 aliphatic heterocycles. The summed E-state index contributed by atoms with van der Waals surface area (Å²) in [5.41, 5.74) is 0. The number of hydrogen-bond acceptors (Lipinski definition) is 3. The molecular formula is C10H14O2SSeSn. The van der Waals surface area contributed by atoms with Gasteiger partial charge in [-0.1, -0.05) is 0 Å². The van der Waals surface area contributed by atoms with E-state index in [9.17, 15) is 0 Å². The van der Waals surface area contributed by atoms with Crippen LogP contribution in [0.3, 0.4) is 0 Å². The molecule has 2 radical (unpaired) electrons. The summed E-state index contributed by atoms with van der Waals surface area (Å²) in [5, 5.41) is 0. The zero-order chi connectivity index (χ0) is 11.4. The second-order valence-corrected chi connectivity index (χ2v) is 17.0. The first-order valence-electron chi connectivity index (χ1n) is 4.50. The molecule has 1 aromatic rings. The van der Waals surface area contributed by atoms with Gasteiger partial charge in [-0.2, -0.15) is 0 Å². The van der Waals surface area contributed by atoms with Gasteiger partial charge in [0.2, 0.25) is 0 Å². The first-order chi connectivity index (χ1) is 7.10. The summed E-state index contributed by atoms with van der Waals surface area (Å²) in [7, 11) is 5.36. The fourth-order valence-electron chi connectivity index (χ4n) is 1.15. The van der Waals surface area contributed by atoms with Crippen molar-refractivity contribution in [3.8, 4) is 11.5 Å². The molecule has 0 aromatic heterocycles. The fraction of sp³-hybridized carbons (Fsp3) is 0.400. The standard InChI is InChI=1S/C8H9O2SSe.2CH3.Sn/c1-9-5-3-4-6(10-2)8(12)7(5)11;;;/h3-4,11H,1-2H3;2*1H3;/q;;;+1/p-1. The van der Waals surface area contributed by atoms with E-state index in [-0.39, 0.29) is 0 Å². The molecule has 82 valence electrons. The molecule has 15 heavy (non-hydrogen) atoms. The molecule has 0 saturated carbocycles. The minimum atomic E-state index is -1.26. The quantitative estimate of drug-likeness (QED) is 0.725. The Bertz CT molecular complexity index is 344. The van der Waals surface area contributed by atoms with Crippen LogP contribution in [0, 0.1) is 0 Å². The van der Waals surface area contributed by atoms with Crippen LogP contribution in [0.2, 0.25) is 9.88 Å². The first-order valence-corrected chi connectivity index (χ1v) is 15.4. The maximum atomic E-state index is 5.36. The second kappa shape index (κ2) is 6.28. The third-order valence-electron chi connectivity index (χ3n) is 1.79. The van der Waals surface area contributed by atoms with Crippen molar-refractivity contribution in [1.82, 2.24) is 0 Å². The minimum absolute atomic E-state index is 0.892. The average molecular weight is 396 g/mol. The van der Waals surface area contributed by atoms with E-state index in [1.54, 1.807) is 14.2 Å². The van der Waals surface area contributed by atoms with Crippen LogP contribution in [-0.4, -0.2) is 48.6 Å². The summed E-state index contributed by atoms with van der Waals surface area (Å²) >= 11 is 1.82. The number of methoxy groups -OCH3 is 2. The molecule has 0 saturated heterocycles. The molecule has 0 heterocycles. The third-order valence-corrected chi connectivity index (χ3v) is 9.19. The van der Waals surface area contributed by atoms with Gasteiger partial charge in [0.25, 0.3) is 0 Å². The molecule has 0 aliphatic rings. The van der Waals surface area contributed by atoms with Crippen molar-refractivity contribution < 1.29 is 9.47 Å². The Morgan fingerprint density at radius 3 is 2.13 bits per heavy atom. The molecule has 2 nitrogen and oxygen atoms in total. The van der Waals surface area contributed by atoms with Gasteiger partial charge < -0.3 is 0 Å². The van der Waals surface area contributed by atoms with Crippen LogP contribution in [0.15, 0.2) is 17.0 Å². The molecule has 1 rings (SSSR count). The van der Waals surface area contributed by atoms with Gasteiger partial charge in [0, 0.05) is 0 Å². The number of rotatable bonds is 4. The van der Waals surface area contributed by atoms with Crippen molar-refractivity contribution in [2.24, 2.45) is 0 Å². The van der Waals surface area contributed by atoms with Gasteiger partial charge in [-0.05, 0) is 0 Å². The third kappa shape index (κ3) is 3.48. The molecule has 5 heteroatoms. The van der Waals surface area contributed by atoms with Crippen LogP contribution in [0.4, 0.5) is 0 Å². The summed E-state index contributed by atoms with van der Waals surface area (Å²) in [6, 6.07) is 3.90. The Morgan fingerprint density at radius 1 is 1.13 bits per heavy atom. The van der Waals surface area contributed by atoms with Gasteiger partial charge >= 0.3 is 110 Å². The van der Waals surface area contributed by atoms with E-state index in [1.807, 2.05) is 21.1 Å². The SMILES string of the molecule is COc1ccc(OC)c([S][Sn]([CH3])[CH3])c1[Se]. The zero-order valence-electron chi connectivity index (χ0n) is 9.29. The molecule has 0 N–H and O–H groups in total. The summed E-state index contributed by atoms with van der Waals surface area (Å²) in [6.07, 6.45) is 0. The van der Waals surface area contributed by atoms with Crippen LogP contribution < -0.4 is 13.9 Å². The molecule has 0 amide bonds. The summed E-state index contributed by atoms with van der Waals surface area (Å²) in [6.45, 7) is 0. The molecule has 0 spiro atoms. The van der Waals surface area contributed by atoms with Gasteiger partial charge in [0.1, 0.15) is 0 Å². The van der Waals surface area contributed by atoms with E-state index in [1.165, 1.54) is 4.90 Å². The monoisotopic (exact) mass is 398 g/mol. The first kappa shape index (κ1) is 13.6. The van der Waals surface area contributed by atoms with E-state index < -0.39 is 18.4 Å². The number of benzene rings is 1. The van der Waals surface area contributed by atoms with Crippen LogP contribution >= 0.6 is 8.95 Å². The number of ether oxygens (including phenoxy) is 2. The topological polar surface area (TPSA) is 18.5 Å². The van der Waals surface area contributed by atoms with Crippen molar-refractivity contribution in [2.45, 2.75) is 14.8 Å². The van der Waals surface area contributed by atoms with Gasteiger partial charge in [-0.25, -0.2) is 0 Å². The van der Waals surface area contributed by atoms with Crippen LogP contribution in [0.25, 0.3) is 0 Å². The Kier molecular flexibility index (Phi) is 5.67. The van der Waals surface area contributed by atoms with Crippen molar-refractivity contribution in [3.05, 3.63) is 12.1 Å². The Morgan fingerprint density at radius 2 is 1.67 bits per heavy atom. The summed E-state index contributed by atoms with van der Waals surface area (Å²) < 4.78 is 11.7. The second-order valence-electron chi connectivity index (χ2n) is 3.14. The van der Waals surface area contributed by atoms with E-state index in [0.29, 0.717) is 0 Å². The zero-order valence-corrected chi connectivity index (χ0v) is 14.7. The fourth-order valence-corrected chi connectivity index (χ4v) is 9.44. The van der Waals surface area contributed by atoms with E-state index in [0.717, 1.165) is 16.0 Å². The van der Waals surface area contributed by atoms with E-state index >= 15 is 0 Å². The molecule has 0 bridgehead atoms.